The Morgan fingerprint density at radius 2 is 1.81 bits per heavy atom. The van der Waals surface area contributed by atoms with E-state index in [0.717, 1.165) is 16.7 Å². The Balaban J connectivity index is 1.53. The molecule has 4 rings (SSSR count). The molecular formula is C25H20N2O5. The highest BCUT2D eigenvalue weighted by Crippen LogP contribution is 2.29. The number of carboxylic acid groups (broad SMARTS) is 1. The van der Waals surface area contributed by atoms with E-state index in [1.807, 2.05) is 54.6 Å². The first-order valence-electron chi connectivity index (χ1n) is 9.99. The Morgan fingerprint density at radius 3 is 2.56 bits per heavy atom. The monoisotopic (exact) mass is 428 g/mol. The average molecular weight is 428 g/mol. The number of carbonyl (C=O) groups excluding carboxylic acids is 1. The fourth-order valence-electron chi connectivity index (χ4n) is 3.54. The summed E-state index contributed by atoms with van der Waals surface area (Å²) in [5.74, 6) is -0.466. The predicted molar refractivity (Wildman–Crippen MR) is 123 cm³/mol. The van der Waals surface area contributed by atoms with Crippen molar-refractivity contribution < 1.29 is 19.1 Å². The van der Waals surface area contributed by atoms with Crippen LogP contribution in [0.1, 0.15) is 22.3 Å². The Bertz CT molecular complexity index is 1370. The maximum absolute atomic E-state index is 12.2. The third-order valence-electron chi connectivity index (χ3n) is 5.03. The van der Waals surface area contributed by atoms with Crippen LogP contribution >= 0.6 is 0 Å². The van der Waals surface area contributed by atoms with Crippen molar-refractivity contribution in [2.24, 2.45) is 0 Å². The zero-order valence-electron chi connectivity index (χ0n) is 17.0. The number of fused-ring (bicyclic) bond motifs is 1. The molecule has 32 heavy (non-hydrogen) atoms. The molecular weight excluding hydrogens is 408 g/mol. The molecule has 3 aromatic carbocycles. The highest BCUT2D eigenvalue weighted by Gasteiger charge is 2.10. The largest absolute Gasteiger partial charge is 0.465 e. The molecule has 0 aliphatic carbocycles. The number of hydrogen-bond acceptors (Lipinski definition) is 4. The number of rotatable bonds is 7. The summed E-state index contributed by atoms with van der Waals surface area (Å²) in [7, 11) is 0. The maximum Gasteiger partial charge on any atom is 0.419 e. The van der Waals surface area contributed by atoms with E-state index in [0.29, 0.717) is 41.6 Å². The van der Waals surface area contributed by atoms with Gasteiger partial charge >= 0.3 is 11.8 Å². The lowest BCUT2D eigenvalue weighted by molar-refractivity contribution is 0.112. The van der Waals surface area contributed by atoms with E-state index in [2.05, 4.69) is 5.32 Å². The van der Waals surface area contributed by atoms with Crippen molar-refractivity contribution in [1.82, 2.24) is 4.57 Å². The molecule has 1 aromatic heterocycles. The SMILES string of the molecule is O=Cc1ccc2c(c1)oc(=O)n2CC/C=C/c1ccc(NC(=O)O)c(-c2ccccc2)c1. The number of aldehydes is 1. The van der Waals surface area contributed by atoms with E-state index in [1.165, 1.54) is 4.57 Å². The Kier molecular flexibility index (Phi) is 5.98. The van der Waals surface area contributed by atoms with Crippen LogP contribution in [0.2, 0.25) is 0 Å². The molecule has 0 saturated carbocycles. The Labute approximate surface area is 183 Å². The number of nitrogens with zero attached hydrogens (tertiary/aromatic N) is 1. The summed E-state index contributed by atoms with van der Waals surface area (Å²) in [6, 6.07) is 19.9. The number of aryl methyl sites for hydroxylation is 1. The molecule has 2 N–H and O–H groups in total. The molecule has 0 bridgehead atoms. The van der Waals surface area contributed by atoms with E-state index >= 15 is 0 Å². The second-order valence-corrected chi connectivity index (χ2v) is 7.16. The molecule has 1 amide bonds. The highest BCUT2D eigenvalue weighted by atomic mass is 16.4. The van der Waals surface area contributed by atoms with Gasteiger partial charge in [0.25, 0.3) is 0 Å². The number of benzene rings is 3. The number of amides is 1. The lowest BCUT2D eigenvalue weighted by atomic mass is 10.0. The molecule has 0 fully saturated rings. The van der Waals surface area contributed by atoms with Gasteiger partial charge in [0.15, 0.2) is 5.58 Å². The van der Waals surface area contributed by atoms with Crippen LogP contribution in [0.4, 0.5) is 10.5 Å². The summed E-state index contributed by atoms with van der Waals surface area (Å²) in [4.78, 5) is 34.2. The lowest BCUT2D eigenvalue weighted by Gasteiger charge is -2.10. The van der Waals surface area contributed by atoms with E-state index in [4.69, 9.17) is 9.52 Å². The average Bonchev–Trinajstić information content (AvgIpc) is 3.11. The molecule has 0 unspecified atom stereocenters. The fourth-order valence-corrected chi connectivity index (χ4v) is 3.54. The first-order chi connectivity index (χ1) is 15.5. The minimum Gasteiger partial charge on any atom is -0.465 e. The van der Waals surface area contributed by atoms with Gasteiger partial charge < -0.3 is 9.52 Å². The summed E-state index contributed by atoms with van der Waals surface area (Å²) in [6.45, 7) is 0.424. The van der Waals surface area contributed by atoms with Gasteiger partial charge in [-0.1, -0.05) is 48.6 Å². The summed E-state index contributed by atoms with van der Waals surface area (Å²) in [6.07, 6.45) is 4.04. The molecule has 7 nitrogen and oxygen atoms in total. The normalized spacial score (nSPS) is 11.1. The molecule has 4 aromatic rings. The molecule has 7 heteroatoms. The van der Waals surface area contributed by atoms with Crippen molar-refractivity contribution in [2.75, 3.05) is 5.32 Å². The van der Waals surface area contributed by atoms with Gasteiger partial charge in [-0.2, -0.15) is 0 Å². The van der Waals surface area contributed by atoms with E-state index in [9.17, 15) is 14.4 Å². The number of carbonyl (C=O) groups is 2. The second-order valence-electron chi connectivity index (χ2n) is 7.16. The van der Waals surface area contributed by atoms with Crippen molar-refractivity contribution >= 4 is 35.2 Å². The van der Waals surface area contributed by atoms with Gasteiger partial charge in [-0.05, 0) is 47.9 Å². The third-order valence-corrected chi connectivity index (χ3v) is 5.03. The number of aromatic nitrogens is 1. The van der Waals surface area contributed by atoms with Crippen LogP contribution in [0.3, 0.4) is 0 Å². The number of anilines is 1. The van der Waals surface area contributed by atoms with Gasteiger partial charge in [0.05, 0.1) is 11.2 Å². The Hall–Kier alpha value is -4.39. The van der Waals surface area contributed by atoms with Gasteiger partial charge in [-0.3, -0.25) is 14.7 Å². The van der Waals surface area contributed by atoms with Gasteiger partial charge in [-0.15, -0.1) is 0 Å². The molecule has 0 aliphatic heterocycles. The number of nitrogens with one attached hydrogen (secondary N) is 1. The van der Waals surface area contributed by atoms with Crippen molar-refractivity contribution in [2.45, 2.75) is 13.0 Å². The zero-order valence-corrected chi connectivity index (χ0v) is 17.0. The van der Waals surface area contributed by atoms with Crippen LogP contribution in [0.25, 0.3) is 28.3 Å². The number of hydrogen-bond donors (Lipinski definition) is 2. The van der Waals surface area contributed by atoms with Crippen LogP contribution in [-0.2, 0) is 6.54 Å². The van der Waals surface area contributed by atoms with Crippen LogP contribution in [0, 0.1) is 0 Å². The van der Waals surface area contributed by atoms with Gasteiger partial charge in [0, 0.05) is 17.7 Å². The topological polar surface area (TPSA) is 102 Å². The molecule has 0 spiro atoms. The fraction of sp³-hybridized carbons (Fsp3) is 0.0800. The number of allylic oxidation sites excluding steroid dienone is 1. The first kappa shape index (κ1) is 20.9. The molecule has 0 radical (unpaired) electrons. The minimum absolute atomic E-state index is 0.387. The summed E-state index contributed by atoms with van der Waals surface area (Å²) >= 11 is 0. The molecule has 1 heterocycles. The predicted octanol–water partition coefficient (Wildman–Crippen LogP) is 5.27. The summed E-state index contributed by atoms with van der Waals surface area (Å²) < 4.78 is 6.77. The zero-order chi connectivity index (χ0) is 22.5. The Morgan fingerprint density at radius 1 is 1.03 bits per heavy atom. The van der Waals surface area contributed by atoms with E-state index in [1.54, 1.807) is 24.3 Å². The first-order valence-corrected chi connectivity index (χ1v) is 9.99. The summed E-state index contributed by atoms with van der Waals surface area (Å²) in [5, 5.41) is 11.6. The van der Waals surface area contributed by atoms with Crippen LogP contribution in [0.15, 0.2) is 82.0 Å². The second kappa shape index (κ2) is 9.18. The molecule has 160 valence electrons. The highest BCUT2D eigenvalue weighted by molar-refractivity contribution is 5.91. The van der Waals surface area contributed by atoms with Crippen LogP contribution in [-0.4, -0.2) is 22.1 Å². The van der Waals surface area contributed by atoms with Crippen molar-refractivity contribution in [1.29, 1.82) is 0 Å². The number of oxazole rings is 1. The van der Waals surface area contributed by atoms with Gasteiger partial charge in [0.2, 0.25) is 0 Å². The summed E-state index contributed by atoms with van der Waals surface area (Å²) in [5.41, 5.74) is 4.57. The van der Waals surface area contributed by atoms with Crippen molar-refractivity contribution in [3.8, 4) is 11.1 Å². The van der Waals surface area contributed by atoms with Gasteiger partial charge in [-0.25, -0.2) is 9.59 Å². The smallest absolute Gasteiger partial charge is 0.419 e. The minimum atomic E-state index is -1.12. The third kappa shape index (κ3) is 4.52. The van der Waals surface area contributed by atoms with Crippen molar-refractivity contribution in [3.63, 3.8) is 0 Å². The van der Waals surface area contributed by atoms with E-state index < -0.39 is 11.8 Å². The lowest BCUT2D eigenvalue weighted by Crippen LogP contribution is -2.13. The van der Waals surface area contributed by atoms with E-state index in [-0.39, 0.29) is 0 Å². The van der Waals surface area contributed by atoms with Gasteiger partial charge in [0.1, 0.15) is 6.29 Å². The molecule has 0 atom stereocenters. The molecule has 0 saturated heterocycles. The maximum atomic E-state index is 12.2. The standard InChI is InChI=1S/C25H20N2O5/c28-16-18-10-12-22-23(15-18)32-25(31)27(22)13-5-4-6-17-9-11-21(26-24(29)30)20(14-17)19-7-2-1-3-8-19/h1-4,6-12,14-16,26H,5,13H2,(H,29,30)/b6-4+. The van der Waals surface area contributed by atoms with Crippen molar-refractivity contribution in [3.05, 3.63) is 94.5 Å². The van der Waals surface area contributed by atoms with Crippen LogP contribution in [0.5, 0.6) is 0 Å². The molecule has 0 aliphatic rings. The quantitative estimate of drug-likeness (QED) is 0.391. The van der Waals surface area contributed by atoms with Crippen LogP contribution < -0.4 is 11.1 Å².